The van der Waals surface area contributed by atoms with E-state index in [1.807, 2.05) is 0 Å². The third kappa shape index (κ3) is 5.13. The SMILES string of the molecule is C[C@H](NOC1CCC1)C(=O)OP(=O)(O)Oc1ccccc1. The Morgan fingerprint density at radius 1 is 1.38 bits per heavy atom. The van der Waals surface area contributed by atoms with Crippen LogP contribution in [-0.4, -0.2) is 23.0 Å². The zero-order chi connectivity index (χ0) is 15.3. The highest BCUT2D eigenvalue weighted by atomic mass is 31.2. The molecule has 2 rings (SSSR count). The first-order chi connectivity index (χ1) is 9.96. The average Bonchev–Trinajstić information content (AvgIpc) is 2.36. The average molecular weight is 315 g/mol. The van der Waals surface area contributed by atoms with E-state index in [1.54, 1.807) is 18.2 Å². The molecule has 1 aromatic rings. The summed E-state index contributed by atoms with van der Waals surface area (Å²) < 4.78 is 21.0. The summed E-state index contributed by atoms with van der Waals surface area (Å²) in [6.07, 6.45) is 3.05. The number of hydroxylamine groups is 1. The van der Waals surface area contributed by atoms with E-state index in [-0.39, 0.29) is 11.9 Å². The molecule has 2 N–H and O–H groups in total. The van der Waals surface area contributed by atoms with Crippen LogP contribution in [0.3, 0.4) is 0 Å². The van der Waals surface area contributed by atoms with Gasteiger partial charge >= 0.3 is 13.8 Å². The van der Waals surface area contributed by atoms with E-state index >= 15 is 0 Å². The molecule has 1 fully saturated rings. The van der Waals surface area contributed by atoms with E-state index in [1.165, 1.54) is 19.1 Å². The summed E-state index contributed by atoms with van der Waals surface area (Å²) >= 11 is 0. The number of rotatable bonds is 7. The third-order valence-corrected chi connectivity index (χ3v) is 3.84. The molecule has 0 bridgehead atoms. The van der Waals surface area contributed by atoms with Crippen LogP contribution in [0.15, 0.2) is 30.3 Å². The molecule has 1 unspecified atom stereocenters. The predicted octanol–water partition coefficient (Wildman–Crippen LogP) is 2.17. The van der Waals surface area contributed by atoms with Gasteiger partial charge in [0.15, 0.2) is 0 Å². The topological polar surface area (TPSA) is 94.1 Å². The van der Waals surface area contributed by atoms with Crippen LogP contribution >= 0.6 is 7.82 Å². The van der Waals surface area contributed by atoms with Gasteiger partial charge in [-0.25, -0.2) is 9.36 Å². The van der Waals surface area contributed by atoms with Crippen molar-refractivity contribution >= 4 is 13.8 Å². The normalized spacial score (nSPS) is 19.1. The van der Waals surface area contributed by atoms with Gasteiger partial charge < -0.3 is 9.05 Å². The maximum Gasteiger partial charge on any atom is 0.587 e. The van der Waals surface area contributed by atoms with Crippen LogP contribution in [-0.2, 0) is 18.7 Å². The summed E-state index contributed by atoms with van der Waals surface area (Å²) in [5.74, 6) is -0.779. The van der Waals surface area contributed by atoms with Crippen molar-refractivity contribution in [3.8, 4) is 5.75 Å². The van der Waals surface area contributed by atoms with Crippen LogP contribution in [0.2, 0.25) is 0 Å². The Balaban J connectivity index is 1.80. The molecule has 0 spiro atoms. The van der Waals surface area contributed by atoms with E-state index in [0.29, 0.717) is 0 Å². The number of carbonyl (C=O) groups excluding carboxylic acids is 1. The number of benzene rings is 1. The third-order valence-electron chi connectivity index (χ3n) is 2.99. The van der Waals surface area contributed by atoms with Crippen LogP contribution in [0, 0.1) is 0 Å². The quantitative estimate of drug-likeness (QED) is 0.588. The van der Waals surface area contributed by atoms with Crippen molar-refractivity contribution in [2.24, 2.45) is 0 Å². The van der Waals surface area contributed by atoms with Crippen LogP contribution in [0.5, 0.6) is 5.75 Å². The van der Waals surface area contributed by atoms with Gasteiger partial charge in [0, 0.05) is 0 Å². The molecule has 8 heteroatoms. The molecule has 0 aliphatic heterocycles. The second-order valence-electron chi connectivity index (χ2n) is 4.79. The largest absolute Gasteiger partial charge is 0.587 e. The lowest BCUT2D eigenvalue weighted by Gasteiger charge is -2.26. The van der Waals surface area contributed by atoms with E-state index in [2.05, 4.69) is 10.0 Å². The minimum Gasteiger partial charge on any atom is -0.395 e. The first-order valence-electron chi connectivity index (χ1n) is 6.68. The Labute approximate surface area is 122 Å². The summed E-state index contributed by atoms with van der Waals surface area (Å²) in [6, 6.07) is 7.09. The minimum absolute atomic E-state index is 0.0850. The molecule has 0 aromatic heterocycles. The van der Waals surface area contributed by atoms with Crippen LogP contribution < -0.4 is 10.0 Å². The second-order valence-corrected chi connectivity index (χ2v) is 6.10. The first kappa shape index (κ1) is 16.0. The van der Waals surface area contributed by atoms with E-state index in [0.717, 1.165) is 19.3 Å². The number of phosphoric ester groups is 1. The number of phosphoric acid groups is 1. The van der Waals surface area contributed by atoms with Crippen molar-refractivity contribution in [1.29, 1.82) is 0 Å². The van der Waals surface area contributed by atoms with E-state index in [9.17, 15) is 14.3 Å². The van der Waals surface area contributed by atoms with Gasteiger partial charge in [0.2, 0.25) is 0 Å². The Hall–Kier alpha value is -1.40. The zero-order valence-electron chi connectivity index (χ0n) is 11.6. The minimum atomic E-state index is -4.51. The lowest BCUT2D eigenvalue weighted by molar-refractivity contribution is -0.146. The van der Waals surface area contributed by atoms with E-state index in [4.69, 9.17) is 9.36 Å². The number of hydrogen-bond donors (Lipinski definition) is 2. The number of para-hydroxylation sites is 1. The van der Waals surface area contributed by atoms with Gasteiger partial charge in [0.05, 0.1) is 6.10 Å². The van der Waals surface area contributed by atoms with Gasteiger partial charge in [-0.1, -0.05) is 18.2 Å². The molecule has 2 atom stereocenters. The molecule has 1 aliphatic rings. The second kappa shape index (κ2) is 7.04. The number of carbonyl (C=O) groups is 1. The molecule has 1 saturated carbocycles. The monoisotopic (exact) mass is 315 g/mol. The maximum absolute atomic E-state index is 11.7. The Morgan fingerprint density at radius 2 is 2.05 bits per heavy atom. The summed E-state index contributed by atoms with van der Waals surface area (Å²) in [7, 11) is -4.51. The summed E-state index contributed by atoms with van der Waals surface area (Å²) in [4.78, 5) is 26.5. The van der Waals surface area contributed by atoms with Crippen molar-refractivity contribution in [1.82, 2.24) is 5.48 Å². The number of hydrogen-bond acceptors (Lipinski definition) is 6. The zero-order valence-corrected chi connectivity index (χ0v) is 12.5. The molecular weight excluding hydrogens is 297 g/mol. The van der Waals surface area contributed by atoms with Crippen molar-refractivity contribution in [2.75, 3.05) is 0 Å². The molecule has 7 nitrogen and oxygen atoms in total. The molecule has 21 heavy (non-hydrogen) atoms. The fraction of sp³-hybridized carbons (Fsp3) is 0.462. The summed E-state index contributed by atoms with van der Waals surface area (Å²) in [5.41, 5.74) is 2.51. The van der Waals surface area contributed by atoms with Crippen molar-refractivity contribution in [3.63, 3.8) is 0 Å². The van der Waals surface area contributed by atoms with Crippen LogP contribution in [0.25, 0.3) is 0 Å². The first-order valence-corrected chi connectivity index (χ1v) is 8.18. The number of nitrogens with one attached hydrogen (secondary N) is 1. The summed E-state index contributed by atoms with van der Waals surface area (Å²) in [6.45, 7) is 1.48. The molecule has 1 aliphatic carbocycles. The predicted molar refractivity (Wildman–Crippen MR) is 74.3 cm³/mol. The van der Waals surface area contributed by atoms with Gasteiger partial charge in [-0.05, 0) is 38.3 Å². The molecule has 0 amide bonds. The van der Waals surface area contributed by atoms with E-state index < -0.39 is 19.8 Å². The Bertz CT molecular complexity index is 519. The molecule has 116 valence electrons. The van der Waals surface area contributed by atoms with Gasteiger partial charge in [-0.15, -0.1) is 0 Å². The lowest BCUT2D eigenvalue weighted by atomic mass is 9.97. The highest BCUT2D eigenvalue weighted by molar-refractivity contribution is 7.48. The molecule has 1 aromatic carbocycles. The highest BCUT2D eigenvalue weighted by Crippen LogP contribution is 2.44. The van der Waals surface area contributed by atoms with Gasteiger partial charge in [-0.3, -0.25) is 9.73 Å². The standard InChI is InChI=1S/C13H18NO6P/c1-10(14-18-11-8-5-9-11)13(15)20-21(16,17)19-12-6-3-2-4-7-12/h2-4,6-7,10-11,14H,5,8-9H2,1H3,(H,16,17)/t10-/m0/s1. The van der Waals surface area contributed by atoms with Gasteiger partial charge in [0.25, 0.3) is 0 Å². The van der Waals surface area contributed by atoms with Crippen molar-refractivity contribution in [3.05, 3.63) is 30.3 Å². The van der Waals surface area contributed by atoms with Gasteiger partial charge in [-0.2, -0.15) is 5.48 Å². The van der Waals surface area contributed by atoms with Crippen LogP contribution in [0.1, 0.15) is 26.2 Å². The maximum atomic E-state index is 11.7. The van der Waals surface area contributed by atoms with Crippen LogP contribution in [0.4, 0.5) is 0 Å². The van der Waals surface area contributed by atoms with Crippen molar-refractivity contribution in [2.45, 2.75) is 38.3 Å². The Morgan fingerprint density at radius 3 is 2.62 bits per heavy atom. The fourth-order valence-corrected chi connectivity index (χ4v) is 2.37. The van der Waals surface area contributed by atoms with Crippen molar-refractivity contribution < 1.29 is 28.1 Å². The molecule has 0 heterocycles. The molecule has 0 radical (unpaired) electrons. The molecular formula is C13H18NO6P. The smallest absolute Gasteiger partial charge is 0.395 e. The lowest BCUT2D eigenvalue weighted by Crippen LogP contribution is -2.39. The Kier molecular flexibility index (Phi) is 5.36. The fourth-order valence-electron chi connectivity index (χ4n) is 1.56. The highest BCUT2D eigenvalue weighted by Gasteiger charge is 2.31. The van der Waals surface area contributed by atoms with Gasteiger partial charge in [0.1, 0.15) is 11.8 Å². The molecule has 0 saturated heterocycles. The summed E-state index contributed by atoms with van der Waals surface area (Å²) in [5, 5.41) is 0.